The summed E-state index contributed by atoms with van der Waals surface area (Å²) in [5.41, 5.74) is 1.30. The summed E-state index contributed by atoms with van der Waals surface area (Å²) >= 11 is 0. The average Bonchev–Trinajstić information content (AvgIpc) is 2.46. The standard InChI is InChI=1S/C16H19NO/c1-18-16-11-13-7-3-2-6-12(13)10-14(16)15-8-4-5-9-17-15/h2-3,6-7,10-11,15,17H,4-5,8-9H2,1H3/t15-/m0/s1. The van der Waals surface area contributed by atoms with Gasteiger partial charge in [-0.25, -0.2) is 0 Å². The lowest BCUT2D eigenvalue weighted by molar-refractivity contribution is 0.374. The van der Waals surface area contributed by atoms with Crippen LogP contribution in [0.3, 0.4) is 0 Å². The second-order valence-corrected chi connectivity index (χ2v) is 4.94. The Labute approximate surface area is 108 Å². The fraction of sp³-hybridized carbons (Fsp3) is 0.375. The molecule has 0 spiro atoms. The molecule has 1 atom stereocenters. The summed E-state index contributed by atoms with van der Waals surface area (Å²) in [6, 6.07) is 13.3. The van der Waals surface area contributed by atoms with Gasteiger partial charge in [0.25, 0.3) is 0 Å². The van der Waals surface area contributed by atoms with Crippen molar-refractivity contribution in [2.75, 3.05) is 13.7 Å². The van der Waals surface area contributed by atoms with Crippen molar-refractivity contribution in [1.82, 2.24) is 5.32 Å². The quantitative estimate of drug-likeness (QED) is 0.866. The van der Waals surface area contributed by atoms with E-state index >= 15 is 0 Å². The number of hydrogen-bond acceptors (Lipinski definition) is 2. The molecule has 0 amide bonds. The molecule has 1 aliphatic rings. The molecule has 1 aliphatic heterocycles. The maximum Gasteiger partial charge on any atom is 0.124 e. The normalized spacial score (nSPS) is 19.9. The smallest absolute Gasteiger partial charge is 0.124 e. The van der Waals surface area contributed by atoms with Gasteiger partial charge in [0.2, 0.25) is 0 Å². The predicted octanol–water partition coefficient (Wildman–Crippen LogP) is 3.66. The molecular weight excluding hydrogens is 222 g/mol. The molecule has 0 saturated carbocycles. The van der Waals surface area contributed by atoms with Gasteiger partial charge < -0.3 is 10.1 Å². The summed E-state index contributed by atoms with van der Waals surface area (Å²) in [5, 5.41) is 6.13. The van der Waals surface area contributed by atoms with Crippen LogP contribution in [0.1, 0.15) is 30.9 Å². The molecule has 0 aliphatic carbocycles. The first-order valence-electron chi connectivity index (χ1n) is 6.68. The largest absolute Gasteiger partial charge is 0.496 e. The van der Waals surface area contributed by atoms with E-state index in [1.54, 1.807) is 7.11 Å². The number of piperidine rings is 1. The van der Waals surface area contributed by atoms with E-state index in [9.17, 15) is 0 Å². The molecule has 1 fully saturated rings. The number of benzene rings is 2. The Kier molecular flexibility index (Phi) is 3.20. The molecule has 2 nitrogen and oxygen atoms in total. The number of ether oxygens (including phenoxy) is 1. The highest BCUT2D eigenvalue weighted by molar-refractivity contribution is 5.85. The Morgan fingerprint density at radius 2 is 1.89 bits per heavy atom. The van der Waals surface area contributed by atoms with Crippen LogP contribution in [-0.4, -0.2) is 13.7 Å². The molecule has 2 aromatic carbocycles. The topological polar surface area (TPSA) is 21.3 Å². The van der Waals surface area contributed by atoms with E-state index in [1.165, 1.54) is 35.6 Å². The van der Waals surface area contributed by atoms with Gasteiger partial charge in [0.1, 0.15) is 5.75 Å². The minimum atomic E-state index is 0.443. The Hall–Kier alpha value is -1.54. The maximum absolute atomic E-state index is 5.57. The maximum atomic E-state index is 5.57. The van der Waals surface area contributed by atoms with E-state index in [-0.39, 0.29) is 0 Å². The van der Waals surface area contributed by atoms with Crippen molar-refractivity contribution in [2.24, 2.45) is 0 Å². The van der Waals surface area contributed by atoms with Crippen molar-refractivity contribution in [3.63, 3.8) is 0 Å². The summed E-state index contributed by atoms with van der Waals surface area (Å²) in [5.74, 6) is 1.01. The highest BCUT2D eigenvalue weighted by Gasteiger charge is 2.18. The van der Waals surface area contributed by atoms with E-state index in [0.717, 1.165) is 12.3 Å². The Morgan fingerprint density at radius 1 is 1.11 bits per heavy atom. The van der Waals surface area contributed by atoms with Crippen molar-refractivity contribution >= 4 is 10.8 Å². The number of hydrogen-bond donors (Lipinski definition) is 1. The monoisotopic (exact) mass is 241 g/mol. The fourth-order valence-corrected chi connectivity index (χ4v) is 2.80. The third-order valence-electron chi connectivity index (χ3n) is 3.78. The lowest BCUT2D eigenvalue weighted by Crippen LogP contribution is -2.27. The molecule has 2 aromatic rings. The van der Waals surface area contributed by atoms with E-state index < -0.39 is 0 Å². The van der Waals surface area contributed by atoms with Crippen molar-refractivity contribution in [3.8, 4) is 5.75 Å². The highest BCUT2D eigenvalue weighted by Crippen LogP contribution is 2.33. The molecule has 94 valence electrons. The average molecular weight is 241 g/mol. The predicted molar refractivity (Wildman–Crippen MR) is 75.1 cm³/mol. The molecule has 0 bridgehead atoms. The number of fused-ring (bicyclic) bond motifs is 1. The van der Waals surface area contributed by atoms with E-state index in [0.29, 0.717) is 6.04 Å². The van der Waals surface area contributed by atoms with Gasteiger partial charge in [0, 0.05) is 11.6 Å². The van der Waals surface area contributed by atoms with Gasteiger partial charge in [0.05, 0.1) is 7.11 Å². The first-order chi connectivity index (χ1) is 8.88. The minimum absolute atomic E-state index is 0.443. The van der Waals surface area contributed by atoms with Gasteiger partial charge in [-0.05, 0) is 42.3 Å². The highest BCUT2D eigenvalue weighted by atomic mass is 16.5. The van der Waals surface area contributed by atoms with Crippen molar-refractivity contribution in [1.29, 1.82) is 0 Å². The second-order valence-electron chi connectivity index (χ2n) is 4.94. The SMILES string of the molecule is COc1cc2ccccc2cc1[C@@H]1CCCCN1. The lowest BCUT2D eigenvalue weighted by atomic mass is 9.94. The third-order valence-corrected chi connectivity index (χ3v) is 3.78. The van der Waals surface area contributed by atoms with Crippen LogP contribution >= 0.6 is 0 Å². The molecule has 2 heteroatoms. The number of rotatable bonds is 2. The lowest BCUT2D eigenvalue weighted by Gasteiger charge is -2.25. The van der Waals surface area contributed by atoms with E-state index in [2.05, 4.69) is 41.7 Å². The first-order valence-corrected chi connectivity index (χ1v) is 6.68. The summed E-state index contributed by atoms with van der Waals surface area (Å²) in [4.78, 5) is 0. The molecule has 0 radical (unpaired) electrons. The van der Waals surface area contributed by atoms with Crippen LogP contribution in [0.4, 0.5) is 0 Å². The first kappa shape index (κ1) is 11.5. The molecule has 0 unspecified atom stereocenters. The minimum Gasteiger partial charge on any atom is -0.496 e. The summed E-state index contributed by atoms with van der Waals surface area (Å²) in [6.45, 7) is 1.11. The Morgan fingerprint density at radius 3 is 2.56 bits per heavy atom. The van der Waals surface area contributed by atoms with Gasteiger partial charge in [-0.1, -0.05) is 30.7 Å². The van der Waals surface area contributed by atoms with Crippen LogP contribution in [0.5, 0.6) is 5.75 Å². The molecule has 1 N–H and O–H groups in total. The zero-order chi connectivity index (χ0) is 12.4. The zero-order valence-corrected chi connectivity index (χ0v) is 10.8. The fourth-order valence-electron chi connectivity index (χ4n) is 2.80. The molecule has 1 heterocycles. The number of methoxy groups -OCH3 is 1. The Bertz CT molecular complexity index is 544. The van der Waals surface area contributed by atoms with Gasteiger partial charge >= 0.3 is 0 Å². The van der Waals surface area contributed by atoms with Crippen LogP contribution < -0.4 is 10.1 Å². The molecule has 18 heavy (non-hydrogen) atoms. The van der Waals surface area contributed by atoms with Crippen LogP contribution in [-0.2, 0) is 0 Å². The molecular formula is C16H19NO. The van der Waals surface area contributed by atoms with Crippen LogP contribution in [0.2, 0.25) is 0 Å². The Balaban J connectivity index is 2.08. The van der Waals surface area contributed by atoms with Gasteiger partial charge in [-0.3, -0.25) is 0 Å². The molecule has 3 rings (SSSR count). The zero-order valence-electron chi connectivity index (χ0n) is 10.8. The summed E-state index contributed by atoms with van der Waals surface area (Å²) < 4.78 is 5.57. The van der Waals surface area contributed by atoms with Gasteiger partial charge in [-0.2, -0.15) is 0 Å². The van der Waals surface area contributed by atoms with Crippen LogP contribution in [0.15, 0.2) is 36.4 Å². The van der Waals surface area contributed by atoms with Crippen molar-refractivity contribution < 1.29 is 4.74 Å². The van der Waals surface area contributed by atoms with Crippen molar-refractivity contribution in [3.05, 3.63) is 42.0 Å². The van der Waals surface area contributed by atoms with E-state index in [4.69, 9.17) is 4.74 Å². The molecule has 1 saturated heterocycles. The van der Waals surface area contributed by atoms with Gasteiger partial charge in [-0.15, -0.1) is 0 Å². The van der Waals surface area contributed by atoms with Gasteiger partial charge in [0.15, 0.2) is 0 Å². The second kappa shape index (κ2) is 4.99. The molecule has 0 aromatic heterocycles. The van der Waals surface area contributed by atoms with Crippen molar-refractivity contribution in [2.45, 2.75) is 25.3 Å². The number of nitrogens with one attached hydrogen (secondary N) is 1. The van der Waals surface area contributed by atoms with Crippen LogP contribution in [0, 0.1) is 0 Å². The summed E-state index contributed by atoms with van der Waals surface area (Å²) in [6.07, 6.45) is 3.79. The van der Waals surface area contributed by atoms with E-state index in [1.807, 2.05) is 0 Å². The third kappa shape index (κ3) is 2.08. The summed E-state index contributed by atoms with van der Waals surface area (Å²) in [7, 11) is 1.76. The van der Waals surface area contributed by atoms with Crippen LogP contribution in [0.25, 0.3) is 10.8 Å².